The van der Waals surface area contributed by atoms with Crippen molar-refractivity contribution in [3.63, 3.8) is 0 Å². The predicted octanol–water partition coefficient (Wildman–Crippen LogP) is 4.30. The highest BCUT2D eigenvalue weighted by atomic mass is 79.9. The Labute approximate surface area is 152 Å². The Bertz CT molecular complexity index is 1080. The molecule has 0 radical (unpaired) electrons. The maximum atomic E-state index is 10.8. The molecule has 0 N–H and O–H groups in total. The molecule has 0 fully saturated rings. The van der Waals surface area contributed by atoms with E-state index in [0.717, 1.165) is 19.3 Å². The molecule has 0 aliphatic rings. The number of fused-ring (bicyclic) bond motifs is 2. The van der Waals surface area contributed by atoms with Crippen LogP contribution in [0, 0.1) is 10.1 Å². The quantitative estimate of drug-likeness (QED) is 0.277. The topological polar surface area (TPSA) is 86.2 Å². The number of nitro benzene ring substituents is 1. The second-order valence-electron chi connectivity index (χ2n) is 4.82. The molecule has 0 atom stereocenters. The van der Waals surface area contributed by atoms with Gasteiger partial charge in [0.25, 0.3) is 5.69 Å². The van der Waals surface area contributed by atoms with E-state index in [1.165, 1.54) is 23.5 Å². The van der Waals surface area contributed by atoms with Crippen molar-refractivity contribution in [3.8, 4) is 0 Å². The molecule has 1 aromatic carbocycles. The average Bonchev–Trinajstić information content (AvgIpc) is 3.13. The van der Waals surface area contributed by atoms with E-state index < -0.39 is 4.92 Å². The van der Waals surface area contributed by atoms with Gasteiger partial charge in [0.05, 0.1) is 20.8 Å². The summed E-state index contributed by atoms with van der Waals surface area (Å²) in [6.07, 6.45) is 3.59. The van der Waals surface area contributed by atoms with Gasteiger partial charge in [0.1, 0.15) is 4.60 Å². The fraction of sp³-hybridized carbons (Fsp3) is 0.0714. The van der Waals surface area contributed by atoms with Crippen LogP contribution in [0.2, 0.25) is 0 Å². The lowest BCUT2D eigenvalue weighted by molar-refractivity contribution is -0.384. The third-order valence-electron chi connectivity index (χ3n) is 3.31. The van der Waals surface area contributed by atoms with E-state index in [9.17, 15) is 10.1 Å². The number of nitro groups is 1. The molecule has 0 spiro atoms. The van der Waals surface area contributed by atoms with Crippen molar-refractivity contribution in [2.75, 3.05) is 0 Å². The second-order valence-corrected chi connectivity index (χ2v) is 7.82. The largest absolute Gasteiger partial charge is 0.278 e. The summed E-state index contributed by atoms with van der Waals surface area (Å²) in [5.41, 5.74) is 1.58. The first-order chi connectivity index (χ1) is 11.6. The summed E-state index contributed by atoms with van der Waals surface area (Å²) in [6, 6.07) is 6.58. The fourth-order valence-corrected chi connectivity index (χ4v) is 4.87. The Balaban J connectivity index is 1.59. The smallest absolute Gasteiger partial charge is 0.271 e. The highest BCUT2D eigenvalue weighted by Gasteiger charge is 2.13. The van der Waals surface area contributed by atoms with E-state index in [4.69, 9.17) is 0 Å². The van der Waals surface area contributed by atoms with Gasteiger partial charge in [-0.2, -0.15) is 0 Å². The first kappa shape index (κ1) is 15.5. The van der Waals surface area contributed by atoms with Gasteiger partial charge in [-0.05, 0) is 28.1 Å². The van der Waals surface area contributed by atoms with Crippen LogP contribution in [0.3, 0.4) is 0 Å². The highest BCUT2D eigenvalue weighted by Crippen LogP contribution is 2.34. The molecule has 0 aliphatic heterocycles. The van der Waals surface area contributed by atoms with Gasteiger partial charge in [0.2, 0.25) is 5.78 Å². The molecule has 4 aromatic rings. The molecule has 7 nitrogen and oxygen atoms in total. The lowest BCUT2D eigenvalue weighted by atomic mass is 10.3. The number of nitrogens with zero attached hydrogens (tertiary/aromatic N) is 5. The van der Waals surface area contributed by atoms with Crippen molar-refractivity contribution in [2.24, 2.45) is 0 Å². The highest BCUT2D eigenvalue weighted by molar-refractivity contribution is 9.10. The van der Waals surface area contributed by atoms with E-state index in [0.29, 0.717) is 17.0 Å². The molecular formula is C14H8BrN5O2S2. The minimum absolute atomic E-state index is 0.0542. The Morgan fingerprint density at radius 1 is 1.38 bits per heavy atom. The van der Waals surface area contributed by atoms with E-state index in [2.05, 4.69) is 30.9 Å². The number of non-ortho nitro benzene ring substituents is 1. The zero-order chi connectivity index (χ0) is 16.7. The molecule has 3 aromatic heterocycles. The summed E-state index contributed by atoms with van der Waals surface area (Å²) in [7, 11) is 0. The minimum atomic E-state index is -0.410. The van der Waals surface area contributed by atoms with E-state index in [-0.39, 0.29) is 5.69 Å². The lowest BCUT2D eigenvalue weighted by Crippen LogP contribution is -1.86. The average molecular weight is 422 g/mol. The molecule has 0 bridgehead atoms. The van der Waals surface area contributed by atoms with Gasteiger partial charge in [-0.3, -0.25) is 14.5 Å². The fourth-order valence-electron chi connectivity index (χ4n) is 2.20. The second kappa shape index (κ2) is 6.11. The lowest BCUT2D eigenvalue weighted by Gasteiger charge is -1.95. The van der Waals surface area contributed by atoms with Crippen LogP contribution in [0.5, 0.6) is 0 Å². The third kappa shape index (κ3) is 2.76. The number of benzene rings is 1. The van der Waals surface area contributed by atoms with Gasteiger partial charge in [0.15, 0.2) is 4.34 Å². The van der Waals surface area contributed by atoms with Crippen molar-refractivity contribution < 1.29 is 4.92 Å². The van der Waals surface area contributed by atoms with Crippen LogP contribution >= 0.6 is 39.0 Å². The van der Waals surface area contributed by atoms with Gasteiger partial charge in [0, 0.05) is 30.3 Å². The van der Waals surface area contributed by atoms with Gasteiger partial charge in [-0.25, -0.2) is 15.0 Å². The van der Waals surface area contributed by atoms with Crippen LogP contribution in [0.15, 0.2) is 45.6 Å². The van der Waals surface area contributed by atoms with Crippen molar-refractivity contribution in [1.82, 2.24) is 19.4 Å². The molecule has 120 valence electrons. The standard InChI is InChI=1S/C14H8BrN5O2S2/c15-12-10(17-13-16-4-1-5-19(12)13)7-23-14-18-9-6-8(20(21)22)2-3-11(9)24-14/h1-6H,7H2. The normalized spacial score (nSPS) is 11.4. The van der Waals surface area contributed by atoms with Crippen LogP contribution in [-0.2, 0) is 5.75 Å². The molecule has 0 saturated heterocycles. The Kier molecular flexibility index (Phi) is 3.94. The predicted molar refractivity (Wildman–Crippen MR) is 96.5 cm³/mol. The van der Waals surface area contributed by atoms with Crippen LogP contribution in [0.4, 0.5) is 5.69 Å². The Morgan fingerprint density at radius 3 is 3.04 bits per heavy atom. The van der Waals surface area contributed by atoms with Crippen LogP contribution < -0.4 is 0 Å². The minimum Gasteiger partial charge on any atom is -0.278 e. The molecule has 3 heterocycles. The Hall–Kier alpha value is -2.04. The molecule has 0 unspecified atom stereocenters. The number of halogens is 1. The Morgan fingerprint density at radius 2 is 2.25 bits per heavy atom. The monoisotopic (exact) mass is 421 g/mol. The summed E-state index contributed by atoms with van der Waals surface area (Å²) in [4.78, 5) is 23.6. The van der Waals surface area contributed by atoms with Crippen molar-refractivity contribution >= 4 is 60.7 Å². The number of hydrogen-bond acceptors (Lipinski definition) is 7. The van der Waals surface area contributed by atoms with Gasteiger partial charge in [-0.15, -0.1) is 11.3 Å². The summed E-state index contributed by atoms with van der Waals surface area (Å²) < 4.78 is 4.52. The van der Waals surface area contributed by atoms with Gasteiger partial charge >= 0.3 is 0 Å². The van der Waals surface area contributed by atoms with Crippen molar-refractivity contribution in [2.45, 2.75) is 10.1 Å². The zero-order valence-corrected chi connectivity index (χ0v) is 15.1. The number of imidazole rings is 1. The first-order valence-electron chi connectivity index (χ1n) is 6.77. The summed E-state index contributed by atoms with van der Waals surface area (Å²) in [5, 5.41) is 10.8. The summed E-state index contributed by atoms with van der Waals surface area (Å²) in [6.45, 7) is 0. The van der Waals surface area contributed by atoms with Crippen LogP contribution in [0.1, 0.15) is 5.69 Å². The van der Waals surface area contributed by atoms with Crippen molar-refractivity contribution in [1.29, 1.82) is 0 Å². The molecule has 0 aliphatic carbocycles. The van der Waals surface area contributed by atoms with E-state index in [1.54, 1.807) is 24.0 Å². The number of thioether (sulfide) groups is 1. The number of aromatic nitrogens is 4. The number of hydrogen-bond donors (Lipinski definition) is 0. The maximum absolute atomic E-state index is 10.8. The summed E-state index contributed by atoms with van der Waals surface area (Å²) in [5.74, 6) is 1.27. The number of thiazole rings is 1. The molecule has 0 saturated carbocycles. The van der Waals surface area contributed by atoms with Gasteiger partial charge in [-0.1, -0.05) is 11.8 Å². The van der Waals surface area contributed by atoms with Gasteiger partial charge < -0.3 is 0 Å². The van der Waals surface area contributed by atoms with Crippen molar-refractivity contribution in [3.05, 3.63) is 57.1 Å². The van der Waals surface area contributed by atoms with Crippen LogP contribution in [0.25, 0.3) is 16.0 Å². The van der Waals surface area contributed by atoms with E-state index in [1.807, 2.05) is 16.7 Å². The maximum Gasteiger partial charge on any atom is 0.271 e. The van der Waals surface area contributed by atoms with Crippen LogP contribution in [-0.4, -0.2) is 24.3 Å². The number of rotatable bonds is 4. The molecule has 0 amide bonds. The molecular weight excluding hydrogens is 414 g/mol. The molecule has 4 rings (SSSR count). The van der Waals surface area contributed by atoms with E-state index >= 15 is 0 Å². The SMILES string of the molecule is O=[N+]([O-])c1ccc2sc(SCc3nc4ncccn4c3Br)nc2c1. The molecule has 10 heteroatoms. The zero-order valence-electron chi connectivity index (χ0n) is 11.9. The summed E-state index contributed by atoms with van der Waals surface area (Å²) >= 11 is 6.60. The third-order valence-corrected chi connectivity index (χ3v) is 6.34. The first-order valence-corrected chi connectivity index (χ1v) is 9.36. The molecule has 24 heavy (non-hydrogen) atoms.